The van der Waals surface area contributed by atoms with Crippen molar-refractivity contribution < 1.29 is 14.3 Å². The zero-order chi connectivity index (χ0) is 22.1. The van der Waals surface area contributed by atoms with Crippen molar-refractivity contribution in [2.45, 2.75) is 33.6 Å². The molecule has 0 saturated heterocycles. The van der Waals surface area contributed by atoms with E-state index in [0.717, 1.165) is 24.1 Å². The van der Waals surface area contributed by atoms with Gasteiger partial charge in [0.15, 0.2) is 11.5 Å². The van der Waals surface area contributed by atoms with Gasteiger partial charge in [-0.1, -0.05) is 13.8 Å². The number of nitrogens with one attached hydrogen (secondary N) is 1. The van der Waals surface area contributed by atoms with Gasteiger partial charge in [-0.2, -0.15) is 5.10 Å². The molecular weight excluding hydrogens is 396 g/mol. The Morgan fingerprint density at radius 2 is 1.68 bits per heavy atom. The van der Waals surface area contributed by atoms with Gasteiger partial charge in [-0.3, -0.25) is 4.79 Å². The summed E-state index contributed by atoms with van der Waals surface area (Å²) in [6.07, 6.45) is 3.30. The first-order valence-corrected chi connectivity index (χ1v) is 10.2. The van der Waals surface area contributed by atoms with Crippen LogP contribution in [0.15, 0.2) is 53.9 Å². The first-order valence-electron chi connectivity index (χ1n) is 10.2. The molecule has 9 heteroatoms. The molecule has 31 heavy (non-hydrogen) atoms. The number of hydrogen-bond acceptors (Lipinski definition) is 7. The second kappa shape index (κ2) is 10.9. The smallest absolute Gasteiger partial charge is 0.271 e. The van der Waals surface area contributed by atoms with Crippen LogP contribution in [0.1, 0.15) is 49.5 Å². The molecule has 0 spiro atoms. The Morgan fingerprint density at radius 1 is 1.00 bits per heavy atom. The lowest BCUT2D eigenvalue weighted by atomic mass is 10.1. The number of hydrazone groups is 1. The predicted octanol–water partition coefficient (Wildman–Crippen LogP) is 3.39. The maximum atomic E-state index is 12.4. The van der Waals surface area contributed by atoms with Crippen molar-refractivity contribution in [3.05, 3.63) is 59.9 Å². The van der Waals surface area contributed by atoms with Gasteiger partial charge >= 0.3 is 0 Å². The zero-order valence-corrected chi connectivity index (χ0v) is 17.9. The van der Waals surface area contributed by atoms with Crippen molar-refractivity contribution in [2.75, 3.05) is 13.2 Å². The van der Waals surface area contributed by atoms with E-state index in [9.17, 15) is 4.79 Å². The molecule has 9 nitrogen and oxygen atoms in total. The Hall–Kier alpha value is -3.75. The summed E-state index contributed by atoms with van der Waals surface area (Å²) < 4.78 is 13.1. The number of ether oxygens (including phenoxy) is 2. The van der Waals surface area contributed by atoms with Gasteiger partial charge < -0.3 is 9.47 Å². The SMILES string of the molecule is CCCOc1ccc(/C(C)=N/NC(=O)c2ccc(-n3cnnn3)cc2)cc1OCCC. The van der Waals surface area contributed by atoms with Gasteiger partial charge in [-0.15, -0.1) is 5.10 Å². The van der Waals surface area contributed by atoms with Gasteiger partial charge in [0.1, 0.15) is 6.33 Å². The lowest BCUT2D eigenvalue weighted by Crippen LogP contribution is -2.19. The van der Waals surface area contributed by atoms with E-state index in [2.05, 4.69) is 33.0 Å². The van der Waals surface area contributed by atoms with Gasteiger partial charge in [0, 0.05) is 11.1 Å². The summed E-state index contributed by atoms with van der Waals surface area (Å²) in [7, 11) is 0. The summed E-state index contributed by atoms with van der Waals surface area (Å²) in [5, 5.41) is 15.2. The quantitative estimate of drug-likeness (QED) is 0.397. The van der Waals surface area contributed by atoms with E-state index in [4.69, 9.17) is 9.47 Å². The summed E-state index contributed by atoms with van der Waals surface area (Å²) >= 11 is 0. The highest BCUT2D eigenvalue weighted by atomic mass is 16.5. The van der Waals surface area contributed by atoms with Gasteiger partial charge in [0.2, 0.25) is 0 Å². The second-order valence-corrected chi connectivity index (χ2v) is 6.80. The van der Waals surface area contributed by atoms with Crippen molar-refractivity contribution in [2.24, 2.45) is 5.10 Å². The van der Waals surface area contributed by atoms with Crippen LogP contribution >= 0.6 is 0 Å². The summed E-state index contributed by atoms with van der Waals surface area (Å²) in [5.41, 5.74) is 5.32. The Labute approximate surface area is 181 Å². The number of tetrazole rings is 1. The van der Waals surface area contributed by atoms with Crippen LogP contribution in [0.3, 0.4) is 0 Å². The number of carbonyl (C=O) groups excluding carboxylic acids is 1. The normalized spacial score (nSPS) is 11.3. The van der Waals surface area contributed by atoms with Crippen LogP contribution in [0.25, 0.3) is 5.69 Å². The molecule has 2 aromatic carbocycles. The number of aromatic nitrogens is 4. The minimum Gasteiger partial charge on any atom is -0.490 e. The molecular formula is C22H26N6O3. The standard InChI is InChI=1S/C22H26N6O3/c1-4-12-30-20-11-8-18(14-21(20)31-13-5-2)16(3)24-25-22(29)17-6-9-19(10-7-17)28-15-23-26-27-28/h6-11,14-15H,4-5,12-13H2,1-3H3,(H,25,29)/b24-16+. The van der Waals surface area contributed by atoms with Crippen LogP contribution in [0.2, 0.25) is 0 Å². The van der Waals surface area contributed by atoms with Gasteiger partial charge in [0.05, 0.1) is 24.6 Å². The Bertz CT molecular complexity index is 1020. The largest absolute Gasteiger partial charge is 0.490 e. The molecule has 0 aliphatic heterocycles. The molecule has 0 unspecified atom stereocenters. The zero-order valence-electron chi connectivity index (χ0n) is 17.9. The van der Waals surface area contributed by atoms with Gasteiger partial charge in [-0.25, -0.2) is 10.1 Å². The van der Waals surface area contributed by atoms with Crippen LogP contribution in [0.4, 0.5) is 0 Å². The number of rotatable bonds is 10. The van der Waals surface area contributed by atoms with Crippen molar-refractivity contribution in [1.82, 2.24) is 25.6 Å². The Kier molecular flexibility index (Phi) is 7.69. The summed E-state index contributed by atoms with van der Waals surface area (Å²) in [4.78, 5) is 12.4. The van der Waals surface area contributed by atoms with Gasteiger partial charge in [-0.05, 0) is 72.7 Å². The molecule has 162 valence electrons. The summed E-state index contributed by atoms with van der Waals surface area (Å²) in [6.45, 7) is 7.15. The lowest BCUT2D eigenvalue weighted by molar-refractivity contribution is 0.0955. The molecule has 0 saturated carbocycles. The number of carbonyl (C=O) groups is 1. The predicted molar refractivity (Wildman–Crippen MR) is 117 cm³/mol. The van der Waals surface area contributed by atoms with Gasteiger partial charge in [0.25, 0.3) is 5.91 Å². The first kappa shape index (κ1) is 21.9. The Morgan fingerprint density at radius 3 is 2.32 bits per heavy atom. The third kappa shape index (κ3) is 5.88. The van der Waals surface area contributed by atoms with Crippen LogP contribution in [-0.2, 0) is 0 Å². The molecule has 1 aromatic heterocycles. The fourth-order valence-electron chi connectivity index (χ4n) is 2.70. The van der Waals surface area contributed by atoms with Crippen LogP contribution in [0.5, 0.6) is 11.5 Å². The minimum absolute atomic E-state index is 0.312. The number of hydrogen-bond donors (Lipinski definition) is 1. The molecule has 0 fully saturated rings. The molecule has 1 amide bonds. The lowest BCUT2D eigenvalue weighted by Gasteiger charge is -2.13. The molecule has 0 atom stereocenters. The van der Waals surface area contributed by atoms with Crippen molar-refractivity contribution in [1.29, 1.82) is 0 Å². The van der Waals surface area contributed by atoms with E-state index in [1.165, 1.54) is 11.0 Å². The molecule has 3 rings (SSSR count). The maximum Gasteiger partial charge on any atom is 0.271 e. The van der Waals surface area contributed by atoms with Crippen molar-refractivity contribution in [3.8, 4) is 17.2 Å². The summed E-state index contributed by atoms with van der Waals surface area (Å²) in [5.74, 6) is 1.07. The van der Waals surface area contributed by atoms with E-state index in [-0.39, 0.29) is 5.91 Å². The monoisotopic (exact) mass is 422 g/mol. The van der Waals surface area contributed by atoms with Crippen molar-refractivity contribution in [3.63, 3.8) is 0 Å². The van der Waals surface area contributed by atoms with E-state index < -0.39 is 0 Å². The third-order valence-electron chi connectivity index (χ3n) is 4.35. The topological polar surface area (TPSA) is 104 Å². The van der Waals surface area contributed by atoms with Crippen LogP contribution in [0, 0.1) is 0 Å². The second-order valence-electron chi connectivity index (χ2n) is 6.80. The molecule has 0 radical (unpaired) electrons. The Balaban J connectivity index is 1.69. The molecule has 1 N–H and O–H groups in total. The molecule has 3 aromatic rings. The maximum absolute atomic E-state index is 12.4. The number of nitrogens with zero attached hydrogens (tertiary/aromatic N) is 5. The third-order valence-corrected chi connectivity index (χ3v) is 4.35. The van der Waals surface area contributed by atoms with E-state index in [1.54, 1.807) is 24.3 Å². The average Bonchev–Trinajstić information content (AvgIpc) is 3.35. The van der Waals surface area contributed by atoms with E-state index >= 15 is 0 Å². The number of benzene rings is 2. The average molecular weight is 422 g/mol. The fraction of sp³-hybridized carbons (Fsp3) is 0.318. The summed E-state index contributed by atoms with van der Waals surface area (Å²) in [6, 6.07) is 12.5. The minimum atomic E-state index is -0.312. The highest BCUT2D eigenvalue weighted by Gasteiger charge is 2.10. The molecule has 0 aliphatic carbocycles. The highest BCUT2D eigenvalue weighted by Crippen LogP contribution is 2.29. The number of amides is 1. The van der Waals surface area contributed by atoms with Crippen LogP contribution < -0.4 is 14.9 Å². The first-order chi connectivity index (χ1) is 15.1. The van der Waals surface area contributed by atoms with E-state index in [1.807, 2.05) is 32.0 Å². The molecule has 0 bridgehead atoms. The van der Waals surface area contributed by atoms with Crippen LogP contribution in [-0.4, -0.2) is 45.0 Å². The molecule has 0 aliphatic rings. The highest BCUT2D eigenvalue weighted by molar-refractivity contribution is 6.01. The fourth-order valence-corrected chi connectivity index (χ4v) is 2.70. The molecule has 1 heterocycles. The van der Waals surface area contributed by atoms with E-state index in [0.29, 0.717) is 36.0 Å². The van der Waals surface area contributed by atoms with Crippen molar-refractivity contribution >= 4 is 11.6 Å².